The van der Waals surface area contributed by atoms with Crippen LogP contribution in [0.2, 0.25) is 0 Å². The third-order valence-electron chi connectivity index (χ3n) is 3.78. The second-order valence-corrected chi connectivity index (χ2v) is 5.18. The first-order chi connectivity index (χ1) is 9.35. The zero-order valence-corrected chi connectivity index (χ0v) is 11.2. The monoisotopic (exact) mass is 261 g/mol. The Morgan fingerprint density at radius 2 is 2.42 bits per heavy atom. The van der Waals surface area contributed by atoms with E-state index in [4.69, 9.17) is 8.94 Å². The van der Waals surface area contributed by atoms with E-state index in [0.29, 0.717) is 5.89 Å². The maximum atomic E-state index is 5.26. The number of nitrogens with zero attached hydrogens (tertiary/aromatic N) is 3. The van der Waals surface area contributed by atoms with Gasteiger partial charge in [-0.1, -0.05) is 18.5 Å². The van der Waals surface area contributed by atoms with Crippen LogP contribution >= 0.6 is 0 Å². The molecule has 0 spiro atoms. The van der Waals surface area contributed by atoms with Crippen molar-refractivity contribution in [1.82, 2.24) is 15.0 Å². The average Bonchev–Trinajstić information content (AvgIpc) is 3.09. The minimum Gasteiger partial charge on any atom is -0.472 e. The molecule has 1 fully saturated rings. The smallest absolute Gasteiger partial charge is 0.261 e. The Morgan fingerprint density at radius 3 is 3.21 bits per heavy atom. The largest absolute Gasteiger partial charge is 0.472 e. The zero-order valence-electron chi connectivity index (χ0n) is 11.2. The first kappa shape index (κ1) is 12.4. The summed E-state index contributed by atoms with van der Waals surface area (Å²) in [6.45, 7) is 5.32. The van der Waals surface area contributed by atoms with Crippen molar-refractivity contribution >= 4 is 0 Å². The number of likely N-dealkylation sites (tertiary alicyclic amines) is 1. The van der Waals surface area contributed by atoms with Crippen LogP contribution in [-0.4, -0.2) is 28.1 Å². The molecule has 0 amide bonds. The Bertz CT molecular complexity index is 507. The fourth-order valence-electron chi connectivity index (χ4n) is 2.65. The molecule has 2 aromatic rings. The average molecular weight is 261 g/mol. The first-order valence-corrected chi connectivity index (χ1v) is 6.92. The van der Waals surface area contributed by atoms with Crippen molar-refractivity contribution in [1.29, 1.82) is 0 Å². The fraction of sp³-hybridized carbons (Fsp3) is 0.571. The van der Waals surface area contributed by atoms with Crippen molar-refractivity contribution in [3.8, 4) is 11.5 Å². The topological polar surface area (TPSA) is 55.3 Å². The lowest BCUT2D eigenvalue weighted by Gasteiger charge is -2.31. The highest BCUT2D eigenvalue weighted by Crippen LogP contribution is 2.21. The van der Waals surface area contributed by atoms with E-state index in [9.17, 15) is 0 Å². The summed E-state index contributed by atoms with van der Waals surface area (Å²) < 4.78 is 10.3. The maximum Gasteiger partial charge on any atom is 0.261 e. The van der Waals surface area contributed by atoms with Gasteiger partial charge in [0.1, 0.15) is 6.26 Å². The van der Waals surface area contributed by atoms with Gasteiger partial charge in [-0.05, 0) is 31.4 Å². The zero-order chi connectivity index (χ0) is 13.1. The van der Waals surface area contributed by atoms with Crippen LogP contribution in [-0.2, 0) is 6.54 Å². The molecule has 1 atom stereocenters. The van der Waals surface area contributed by atoms with Crippen LogP contribution in [0.3, 0.4) is 0 Å². The van der Waals surface area contributed by atoms with Gasteiger partial charge in [0.2, 0.25) is 0 Å². The van der Waals surface area contributed by atoms with E-state index in [2.05, 4.69) is 22.0 Å². The molecule has 19 heavy (non-hydrogen) atoms. The van der Waals surface area contributed by atoms with Gasteiger partial charge in [-0.3, -0.25) is 4.90 Å². The van der Waals surface area contributed by atoms with Crippen LogP contribution < -0.4 is 0 Å². The van der Waals surface area contributed by atoms with E-state index >= 15 is 0 Å². The molecule has 1 aliphatic rings. The number of furan rings is 1. The summed E-state index contributed by atoms with van der Waals surface area (Å²) in [6.07, 6.45) is 7.09. The second-order valence-electron chi connectivity index (χ2n) is 5.18. The van der Waals surface area contributed by atoms with Crippen molar-refractivity contribution in [2.24, 2.45) is 5.92 Å². The lowest BCUT2D eigenvalue weighted by Crippen LogP contribution is -2.34. The van der Waals surface area contributed by atoms with Crippen LogP contribution in [0.4, 0.5) is 0 Å². The van der Waals surface area contributed by atoms with E-state index in [1.807, 2.05) is 6.07 Å². The molecule has 5 heteroatoms. The Hall–Kier alpha value is -1.62. The van der Waals surface area contributed by atoms with Crippen molar-refractivity contribution in [3.05, 3.63) is 24.4 Å². The van der Waals surface area contributed by atoms with Crippen molar-refractivity contribution in [2.75, 3.05) is 13.1 Å². The predicted octanol–water partition coefficient (Wildman–Crippen LogP) is 2.95. The van der Waals surface area contributed by atoms with E-state index in [1.165, 1.54) is 19.3 Å². The molecular weight excluding hydrogens is 242 g/mol. The molecule has 1 saturated heterocycles. The molecule has 3 heterocycles. The number of hydrogen-bond donors (Lipinski definition) is 0. The van der Waals surface area contributed by atoms with Crippen LogP contribution in [0.15, 0.2) is 27.5 Å². The van der Waals surface area contributed by atoms with Gasteiger partial charge in [0.05, 0.1) is 18.4 Å². The summed E-state index contributed by atoms with van der Waals surface area (Å²) in [6, 6.07) is 1.82. The van der Waals surface area contributed by atoms with Gasteiger partial charge in [-0.25, -0.2) is 0 Å². The van der Waals surface area contributed by atoms with Crippen molar-refractivity contribution in [2.45, 2.75) is 32.7 Å². The number of rotatable bonds is 4. The van der Waals surface area contributed by atoms with Crippen molar-refractivity contribution < 1.29 is 8.94 Å². The minimum atomic E-state index is 0.535. The number of aromatic nitrogens is 2. The second kappa shape index (κ2) is 5.57. The summed E-state index contributed by atoms with van der Waals surface area (Å²) in [5.41, 5.74) is 0.837. The number of hydrogen-bond acceptors (Lipinski definition) is 5. The molecule has 0 aliphatic carbocycles. The minimum absolute atomic E-state index is 0.535. The normalized spacial score (nSPS) is 20.8. The summed E-state index contributed by atoms with van der Waals surface area (Å²) in [4.78, 5) is 6.84. The number of piperidine rings is 1. The molecule has 1 aliphatic heterocycles. The fourth-order valence-corrected chi connectivity index (χ4v) is 2.65. The molecule has 1 unspecified atom stereocenters. The summed E-state index contributed by atoms with van der Waals surface area (Å²) in [7, 11) is 0. The van der Waals surface area contributed by atoms with E-state index in [0.717, 1.165) is 36.9 Å². The maximum absolute atomic E-state index is 5.26. The van der Waals surface area contributed by atoms with Crippen LogP contribution in [0.5, 0.6) is 0 Å². The van der Waals surface area contributed by atoms with Gasteiger partial charge in [-0.15, -0.1) is 0 Å². The standard InChI is InChI=1S/C14H19N3O2/c1-2-11-4-3-6-17(8-11)9-13-15-14(19-16-13)12-5-7-18-10-12/h5,7,10-11H,2-4,6,8-9H2,1H3. The summed E-state index contributed by atoms with van der Waals surface area (Å²) >= 11 is 0. The van der Waals surface area contributed by atoms with Gasteiger partial charge in [0.25, 0.3) is 5.89 Å². The Kier molecular flexibility index (Phi) is 3.64. The highest BCUT2D eigenvalue weighted by atomic mass is 16.5. The van der Waals surface area contributed by atoms with Gasteiger partial charge in [0.15, 0.2) is 5.82 Å². The van der Waals surface area contributed by atoms with Crippen LogP contribution in [0.25, 0.3) is 11.5 Å². The van der Waals surface area contributed by atoms with E-state index in [-0.39, 0.29) is 0 Å². The molecule has 3 rings (SSSR count). The molecule has 5 nitrogen and oxygen atoms in total. The lowest BCUT2D eigenvalue weighted by molar-refractivity contribution is 0.160. The molecule has 0 aromatic carbocycles. The summed E-state index contributed by atoms with van der Waals surface area (Å²) in [5, 5.41) is 4.05. The summed E-state index contributed by atoms with van der Waals surface area (Å²) in [5.74, 6) is 2.11. The van der Waals surface area contributed by atoms with Crippen LogP contribution in [0.1, 0.15) is 32.0 Å². The van der Waals surface area contributed by atoms with Gasteiger partial charge in [-0.2, -0.15) is 4.98 Å². The third-order valence-corrected chi connectivity index (χ3v) is 3.78. The van der Waals surface area contributed by atoms with Gasteiger partial charge >= 0.3 is 0 Å². The highest BCUT2D eigenvalue weighted by molar-refractivity contribution is 5.49. The molecule has 0 N–H and O–H groups in total. The first-order valence-electron chi connectivity index (χ1n) is 6.92. The van der Waals surface area contributed by atoms with E-state index < -0.39 is 0 Å². The predicted molar refractivity (Wildman–Crippen MR) is 70.3 cm³/mol. The SMILES string of the molecule is CCC1CCCN(Cc2noc(-c3ccoc3)n2)C1. The molecule has 2 aromatic heterocycles. The van der Waals surface area contributed by atoms with Gasteiger partial charge in [0, 0.05) is 6.54 Å². The molecular formula is C14H19N3O2. The van der Waals surface area contributed by atoms with Gasteiger partial charge < -0.3 is 8.94 Å². The molecule has 102 valence electrons. The Labute approximate surface area is 112 Å². The molecule has 0 saturated carbocycles. The molecule has 0 radical (unpaired) electrons. The van der Waals surface area contributed by atoms with Crippen molar-refractivity contribution in [3.63, 3.8) is 0 Å². The van der Waals surface area contributed by atoms with E-state index in [1.54, 1.807) is 12.5 Å². The third kappa shape index (κ3) is 2.87. The lowest BCUT2D eigenvalue weighted by atomic mass is 9.96. The Balaban J connectivity index is 1.64. The van der Waals surface area contributed by atoms with Crippen LogP contribution in [0, 0.1) is 5.92 Å². The quantitative estimate of drug-likeness (QED) is 0.847. The highest BCUT2D eigenvalue weighted by Gasteiger charge is 2.20. The molecule has 0 bridgehead atoms. The Morgan fingerprint density at radius 1 is 1.47 bits per heavy atom.